The molecule has 0 heteroatoms. The second kappa shape index (κ2) is 18.4. The summed E-state index contributed by atoms with van der Waals surface area (Å²) in [6.07, 6.45) is 11.6. The molecule has 22 bridgehead atoms. The third-order valence-corrected chi connectivity index (χ3v) is 21.4. The Hall–Kier alpha value is -6.24. The number of benzene rings is 8. The van der Waals surface area contributed by atoms with E-state index in [9.17, 15) is 0 Å². The van der Waals surface area contributed by atoms with Crippen molar-refractivity contribution in [2.24, 2.45) is 51.8 Å². The first-order valence-corrected chi connectivity index (χ1v) is 30.0. The van der Waals surface area contributed by atoms with Crippen LogP contribution in [0.4, 0.5) is 0 Å². The summed E-state index contributed by atoms with van der Waals surface area (Å²) < 4.78 is 0. The van der Waals surface area contributed by atoms with Crippen LogP contribution in [0.25, 0.3) is 55.6 Å². The Morgan fingerprint density at radius 2 is 0.282 bits per heavy atom. The molecular weight excluding hydrogens is 937 g/mol. The lowest BCUT2D eigenvalue weighted by Crippen LogP contribution is -2.26. The fraction of sp³-hybridized carbons (Fsp3) is 0.308. The fourth-order valence-corrected chi connectivity index (χ4v) is 18.4. The van der Waals surface area contributed by atoms with Gasteiger partial charge in [0.05, 0.1) is 0 Å². The zero-order valence-electron chi connectivity index (χ0n) is 46.8. The van der Waals surface area contributed by atoms with Crippen molar-refractivity contribution < 1.29 is 0 Å². The molecule has 0 amide bonds. The van der Waals surface area contributed by atoms with Crippen molar-refractivity contribution >= 4 is 0 Å². The highest BCUT2D eigenvalue weighted by molar-refractivity contribution is 5.74. The second-order valence-electron chi connectivity index (χ2n) is 26.4. The van der Waals surface area contributed by atoms with Gasteiger partial charge in [-0.2, -0.15) is 0 Å². The van der Waals surface area contributed by atoms with Gasteiger partial charge in [0.2, 0.25) is 0 Å². The van der Waals surface area contributed by atoms with E-state index in [1.54, 1.807) is 35.5 Å². The minimum atomic E-state index is -0.0186. The zero-order chi connectivity index (χ0) is 52.7. The van der Waals surface area contributed by atoms with E-state index in [0.717, 1.165) is 0 Å². The maximum atomic E-state index is 2.52. The summed E-state index contributed by atoms with van der Waals surface area (Å²) in [6.45, 7) is 15.1. The first-order valence-electron chi connectivity index (χ1n) is 30.0. The lowest BCUT2D eigenvalue weighted by atomic mass is 9.67. The Morgan fingerprint density at radius 1 is 0.179 bits per heavy atom. The second-order valence-corrected chi connectivity index (χ2v) is 26.4. The van der Waals surface area contributed by atoms with E-state index in [0.29, 0.717) is 35.5 Å². The largest absolute Gasteiger partial charge is 0.0581 e. The van der Waals surface area contributed by atoms with Gasteiger partial charge < -0.3 is 0 Å². The van der Waals surface area contributed by atoms with E-state index < -0.39 is 0 Å². The first kappa shape index (κ1) is 48.9. The summed E-state index contributed by atoms with van der Waals surface area (Å²) in [5.41, 5.74) is 21.3. The molecule has 6 fully saturated rings. The summed E-state index contributed by atoms with van der Waals surface area (Å²) in [7, 11) is 0. The average Bonchev–Trinajstić information content (AvgIpc) is 4.51. The van der Waals surface area contributed by atoms with Crippen molar-refractivity contribution in [1.82, 2.24) is 0 Å². The maximum Gasteiger partial charge on any atom is 0.0149 e. The van der Waals surface area contributed by atoms with Gasteiger partial charge in [0, 0.05) is 35.5 Å². The van der Waals surface area contributed by atoms with Gasteiger partial charge in [-0.1, -0.05) is 255 Å². The Balaban J connectivity index is 0.774. The Bertz CT molecular complexity index is 3230. The van der Waals surface area contributed by atoms with Crippen LogP contribution in [0.2, 0.25) is 0 Å². The molecule has 19 aliphatic rings. The predicted molar refractivity (Wildman–Crippen MR) is 324 cm³/mol. The van der Waals surface area contributed by atoms with Gasteiger partial charge >= 0.3 is 0 Å². The lowest BCUT2D eigenvalue weighted by molar-refractivity contribution is 0.436. The fourth-order valence-electron chi connectivity index (χ4n) is 18.4. The molecule has 6 saturated carbocycles. The van der Waals surface area contributed by atoms with Gasteiger partial charge in [-0.05, 0) is 179 Å². The standard InChI is InChI=1S/C78H74/c1-76(2)70-58-36-24-52(25-37-58)48-16-20-50(21-17-48)54-28-40-60(41-29-54)72-66-12-8-14-68(66)74(77(72,3)4)62-44-32-56(33-45-62)57-34-46-63(47-35-57)75-69-15-9-13-67(69)73(78(75,5)6)61-42-30-55(31-43-61)51-22-18-49(19-23-51)53-26-38-59(39-27-53)71(76)65-11-7-10-64(65)70/h16-47,64-69H,7-15H2,1-6H3. The van der Waals surface area contributed by atoms with Crippen LogP contribution < -0.4 is 0 Å². The minimum Gasteiger partial charge on any atom is -0.0581 e. The predicted octanol–water partition coefficient (Wildman–Crippen LogP) is 20.3. The third-order valence-electron chi connectivity index (χ3n) is 21.4. The van der Waals surface area contributed by atoms with Gasteiger partial charge in [0.15, 0.2) is 0 Å². The van der Waals surface area contributed by atoms with Gasteiger partial charge in [0.25, 0.3) is 0 Å². The van der Waals surface area contributed by atoms with Gasteiger partial charge in [-0.25, -0.2) is 0 Å². The molecule has 27 rings (SSSR count). The van der Waals surface area contributed by atoms with Gasteiger partial charge in [-0.3, -0.25) is 0 Å². The molecule has 8 aromatic rings. The van der Waals surface area contributed by atoms with Crippen molar-refractivity contribution in [1.29, 1.82) is 0 Å². The lowest BCUT2D eigenvalue weighted by Gasteiger charge is -2.35. The number of fused-ring (bicyclic) bond motifs is 3. The van der Waals surface area contributed by atoms with Crippen molar-refractivity contribution in [3.05, 3.63) is 263 Å². The highest BCUT2D eigenvalue weighted by atomic mass is 14.6. The zero-order valence-corrected chi connectivity index (χ0v) is 46.8. The molecule has 0 heterocycles. The van der Waals surface area contributed by atoms with Crippen LogP contribution in [0.5, 0.6) is 0 Å². The van der Waals surface area contributed by atoms with Gasteiger partial charge in [0.1, 0.15) is 0 Å². The van der Waals surface area contributed by atoms with E-state index in [-0.39, 0.29) is 16.2 Å². The molecule has 0 saturated heterocycles. The van der Waals surface area contributed by atoms with Crippen LogP contribution in [0.15, 0.2) is 194 Å². The van der Waals surface area contributed by atoms with Crippen LogP contribution in [-0.2, 0) is 0 Å². The highest BCUT2D eigenvalue weighted by Gasteiger charge is 2.60. The SMILES string of the molecule is CC1(C)[C]2c3ccc(cc3)-c3ccc(cc3)[C]3C4CCCC4[C](c4ccc(cc4)-c4ccc(cc4)-c4ccc(cc4)[C]4C5CCCC5[C](c5ccc(cc5)-c5ccc(cc5)-c5ccc(cc5)[C]1C1CCCC21)C4(C)C)C3(C)C. The smallest absolute Gasteiger partial charge is 0.0149 e. The van der Waals surface area contributed by atoms with E-state index in [2.05, 4.69) is 236 Å². The average molecular weight is 1010 g/mol. The Morgan fingerprint density at radius 3 is 0.397 bits per heavy atom. The molecular formula is C78H74. The quantitative estimate of drug-likeness (QED) is 0.142. The summed E-state index contributed by atoms with van der Waals surface area (Å²) in [5.74, 6) is 13.5. The molecule has 0 aliphatic heterocycles. The Kier molecular flexibility index (Phi) is 11.5. The summed E-state index contributed by atoms with van der Waals surface area (Å²) in [4.78, 5) is 0. The molecule has 8 aromatic carbocycles. The molecule has 6 atom stereocenters. The molecule has 0 aromatic heterocycles. The summed E-state index contributed by atoms with van der Waals surface area (Å²) in [6, 6.07) is 76.5. The molecule has 0 nitrogen and oxygen atoms in total. The summed E-state index contributed by atoms with van der Waals surface area (Å²) >= 11 is 0. The molecule has 0 spiro atoms. The van der Waals surface area contributed by atoms with Crippen molar-refractivity contribution in [3.63, 3.8) is 0 Å². The number of hydrogen-bond donors (Lipinski definition) is 0. The molecule has 6 radical (unpaired) electrons. The monoisotopic (exact) mass is 1010 g/mol. The summed E-state index contributed by atoms with van der Waals surface area (Å²) in [5, 5.41) is 0. The third kappa shape index (κ3) is 7.64. The van der Waals surface area contributed by atoms with Crippen LogP contribution >= 0.6 is 0 Å². The van der Waals surface area contributed by atoms with E-state index in [4.69, 9.17) is 0 Å². The van der Waals surface area contributed by atoms with E-state index in [1.807, 2.05) is 0 Å². The Labute approximate surface area is 467 Å². The van der Waals surface area contributed by atoms with Crippen molar-refractivity contribution in [2.45, 2.75) is 99.3 Å². The van der Waals surface area contributed by atoms with Crippen LogP contribution in [0.3, 0.4) is 0 Å². The van der Waals surface area contributed by atoms with Gasteiger partial charge in [-0.15, -0.1) is 0 Å². The maximum absolute atomic E-state index is 2.52. The molecule has 6 unspecified atom stereocenters. The number of hydrogen-bond acceptors (Lipinski definition) is 0. The normalized spacial score (nSPS) is 26.1. The van der Waals surface area contributed by atoms with E-state index in [1.165, 1.54) is 147 Å². The topological polar surface area (TPSA) is 0 Å². The van der Waals surface area contributed by atoms with Crippen LogP contribution in [-0.4, -0.2) is 0 Å². The van der Waals surface area contributed by atoms with Crippen LogP contribution in [0.1, 0.15) is 133 Å². The highest BCUT2D eigenvalue weighted by Crippen LogP contribution is 2.69. The molecule has 386 valence electrons. The van der Waals surface area contributed by atoms with Crippen molar-refractivity contribution in [3.8, 4) is 55.6 Å². The van der Waals surface area contributed by atoms with E-state index >= 15 is 0 Å². The number of rotatable bonds is 0. The first-order chi connectivity index (χ1) is 37.9. The minimum absolute atomic E-state index is 0.0182. The van der Waals surface area contributed by atoms with Crippen LogP contribution in [0, 0.1) is 87.3 Å². The van der Waals surface area contributed by atoms with Crippen molar-refractivity contribution in [2.75, 3.05) is 0 Å². The molecule has 78 heavy (non-hydrogen) atoms. The molecule has 0 N–H and O–H groups in total. The molecule has 19 aliphatic carbocycles.